The number of aliphatic carboxylic acids is 2. The van der Waals surface area contributed by atoms with E-state index in [4.69, 9.17) is 10.2 Å². The van der Waals surface area contributed by atoms with Crippen molar-refractivity contribution in [3.8, 4) is 0 Å². The van der Waals surface area contributed by atoms with Gasteiger partial charge in [-0.2, -0.15) is 0 Å². The molecule has 1 atom stereocenters. The Hall–Kier alpha value is -3.44. The van der Waals surface area contributed by atoms with Gasteiger partial charge in [-0.15, -0.1) is 0 Å². The highest BCUT2D eigenvalue weighted by Crippen LogP contribution is 1.99. The summed E-state index contributed by atoms with van der Waals surface area (Å²) in [4.78, 5) is 61.8. The minimum Gasteiger partial charge on any atom is -0.480 e. The number of aromatic nitrogens is 2. The summed E-state index contributed by atoms with van der Waals surface area (Å²) in [5.41, 5.74) is 0.500. The maximum atomic E-state index is 12.0. The summed E-state index contributed by atoms with van der Waals surface area (Å²) in [5.74, 6) is -5.96. The molecule has 0 saturated carbocycles. The average Bonchev–Trinajstić information content (AvgIpc) is 3.02. The second-order valence-electron chi connectivity index (χ2n) is 4.50. The van der Waals surface area contributed by atoms with E-state index in [1.54, 1.807) is 0 Å². The molecular formula is C12H15N5O7. The lowest BCUT2D eigenvalue weighted by Crippen LogP contribution is -2.51. The van der Waals surface area contributed by atoms with Crippen LogP contribution in [0.2, 0.25) is 0 Å². The monoisotopic (exact) mass is 341 g/mol. The summed E-state index contributed by atoms with van der Waals surface area (Å²) in [6, 6.07) is -1.14. The predicted molar refractivity (Wildman–Crippen MR) is 75.5 cm³/mol. The van der Waals surface area contributed by atoms with Gasteiger partial charge in [0, 0.05) is 18.3 Å². The van der Waals surface area contributed by atoms with Crippen LogP contribution in [-0.4, -0.2) is 69.0 Å². The Balaban J connectivity index is 2.64. The summed E-state index contributed by atoms with van der Waals surface area (Å²) in [6.45, 7) is -1.29. The molecule has 0 aliphatic carbocycles. The molecule has 1 heterocycles. The fourth-order valence-electron chi connectivity index (χ4n) is 1.59. The third kappa shape index (κ3) is 6.55. The smallest absolute Gasteiger partial charge is 0.394 e. The van der Waals surface area contributed by atoms with Gasteiger partial charge in [-0.25, -0.2) is 9.78 Å². The first kappa shape index (κ1) is 18.6. The zero-order valence-electron chi connectivity index (χ0n) is 12.2. The number of rotatable bonds is 8. The van der Waals surface area contributed by atoms with E-state index in [9.17, 15) is 24.0 Å². The molecule has 1 unspecified atom stereocenters. The van der Waals surface area contributed by atoms with E-state index in [2.05, 4.69) is 20.6 Å². The molecule has 0 aromatic carbocycles. The maximum Gasteiger partial charge on any atom is 0.394 e. The van der Waals surface area contributed by atoms with Gasteiger partial charge in [-0.1, -0.05) is 0 Å². The molecule has 0 spiro atoms. The van der Waals surface area contributed by atoms with Crippen LogP contribution in [0.3, 0.4) is 0 Å². The van der Waals surface area contributed by atoms with Crippen LogP contribution in [0.4, 0.5) is 0 Å². The topological polar surface area (TPSA) is 191 Å². The van der Waals surface area contributed by atoms with Gasteiger partial charge < -0.3 is 31.1 Å². The van der Waals surface area contributed by atoms with E-state index >= 15 is 0 Å². The van der Waals surface area contributed by atoms with Crippen molar-refractivity contribution in [2.45, 2.75) is 12.5 Å². The van der Waals surface area contributed by atoms with E-state index in [-0.39, 0.29) is 6.42 Å². The molecule has 130 valence electrons. The Morgan fingerprint density at radius 3 is 2.38 bits per heavy atom. The van der Waals surface area contributed by atoms with Crippen molar-refractivity contribution in [3.63, 3.8) is 0 Å². The summed E-state index contributed by atoms with van der Waals surface area (Å²) >= 11 is 0. The minimum absolute atomic E-state index is 0.00985. The fraction of sp³-hybridized carbons (Fsp3) is 0.333. The number of nitrogens with one attached hydrogen (secondary N) is 4. The Bertz CT molecular complexity index is 628. The van der Waals surface area contributed by atoms with Crippen molar-refractivity contribution in [1.29, 1.82) is 0 Å². The van der Waals surface area contributed by atoms with Crippen molar-refractivity contribution in [1.82, 2.24) is 25.9 Å². The van der Waals surface area contributed by atoms with E-state index in [0.717, 1.165) is 0 Å². The average molecular weight is 341 g/mol. The second-order valence-corrected chi connectivity index (χ2v) is 4.50. The van der Waals surface area contributed by atoms with Crippen LogP contribution in [0, 0.1) is 0 Å². The third-order valence-corrected chi connectivity index (χ3v) is 2.65. The van der Waals surface area contributed by atoms with Gasteiger partial charge in [0.25, 0.3) is 0 Å². The van der Waals surface area contributed by atoms with Gasteiger partial charge in [-0.3, -0.25) is 19.2 Å². The zero-order valence-corrected chi connectivity index (χ0v) is 12.2. The first-order valence-corrected chi connectivity index (χ1v) is 6.56. The number of hydrogen-bond acceptors (Lipinski definition) is 6. The van der Waals surface area contributed by atoms with Gasteiger partial charge in [0.05, 0.1) is 12.9 Å². The van der Waals surface area contributed by atoms with E-state index < -0.39 is 48.8 Å². The Labute approximate surface area is 134 Å². The van der Waals surface area contributed by atoms with Gasteiger partial charge >= 0.3 is 17.8 Å². The van der Waals surface area contributed by atoms with Crippen LogP contribution in [0.15, 0.2) is 12.5 Å². The number of imidazole rings is 1. The molecule has 0 saturated heterocycles. The Kier molecular flexibility index (Phi) is 6.88. The molecule has 0 bridgehead atoms. The normalized spacial score (nSPS) is 11.2. The van der Waals surface area contributed by atoms with Crippen molar-refractivity contribution in [3.05, 3.63) is 18.2 Å². The number of carbonyl (C=O) groups excluding carboxylic acids is 3. The summed E-state index contributed by atoms with van der Waals surface area (Å²) in [5, 5.41) is 23.2. The molecule has 0 aliphatic rings. The summed E-state index contributed by atoms with van der Waals surface area (Å²) < 4.78 is 0. The minimum atomic E-state index is -1.75. The number of aromatic amines is 1. The first-order chi connectivity index (χ1) is 11.3. The Morgan fingerprint density at radius 1 is 1.12 bits per heavy atom. The van der Waals surface area contributed by atoms with Crippen molar-refractivity contribution in [2.24, 2.45) is 0 Å². The van der Waals surface area contributed by atoms with Gasteiger partial charge in [-0.05, 0) is 0 Å². The van der Waals surface area contributed by atoms with Crippen LogP contribution in [-0.2, 0) is 30.4 Å². The highest BCUT2D eigenvalue weighted by Gasteiger charge is 2.23. The lowest BCUT2D eigenvalue weighted by Gasteiger charge is -2.17. The van der Waals surface area contributed by atoms with E-state index in [0.29, 0.717) is 5.69 Å². The van der Waals surface area contributed by atoms with Gasteiger partial charge in [0.15, 0.2) is 0 Å². The number of nitrogens with zero attached hydrogens (tertiary/aromatic N) is 1. The van der Waals surface area contributed by atoms with Crippen LogP contribution >= 0.6 is 0 Å². The number of carboxylic acid groups (broad SMARTS) is 2. The molecule has 0 aliphatic heterocycles. The molecule has 0 fully saturated rings. The van der Waals surface area contributed by atoms with Crippen LogP contribution < -0.4 is 16.0 Å². The second kappa shape index (κ2) is 8.87. The number of amides is 3. The molecule has 24 heavy (non-hydrogen) atoms. The maximum absolute atomic E-state index is 12.0. The Morgan fingerprint density at radius 2 is 1.83 bits per heavy atom. The number of carbonyl (C=O) groups is 5. The zero-order chi connectivity index (χ0) is 18.1. The van der Waals surface area contributed by atoms with Crippen molar-refractivity contribution < 1.29 is 34.2 Å². The molecule has 6 N–H and O–H groups in total. The van der Waals surface area contributed by atoms with E-state index in [1.807, 2.05) is 5.32 Å². The van der Waals surface area contributed by atoms with E-state index in [1.165, 1.54) is 12.5 Å². The predicted octanol–water partition coefficient (Wildman–Crippen LogP) is -3.16. The number of hydrogen-bond donors (Lipinski definition) is 6. The summed E-state index contributed by atoms with van der Waals surface area (Å²) in [6.07, 6.45) is 2.76. The fourth-order valence-corrected chi connectivity index (χ4v) is 1.59. The number of carboxylic acids is 2. The molecule has 1 aromatic heterocycles. The van der Waals surface area contributed by atoms with Crippen LogP contribution in [0.25, 0.3) is 0 Å². The standard InChI is InChI=1S/C12H15N5O7/c18-8(3-14-11(22)12(23)24)17-7(1-6-2-13-5-16-6)10(21)15-4-9(19)20/h2,5,7H,1,3-4H2,(H,13,16)(H,14,22)(H,15,21)(H,17,18)(H,19,20)(H,23,24). The quantitative estimate of drug-likeness (QED) is 0.267. The molecule has 3 amide bonds. The molecule has 12 nitrogen and oxygen atoms in total. The molecular weight excluding hydrogens is 326 g/mol. The molecule has 12 heteroatoms. The highest BCUT2D eigenvalue weighted by molar-refractivity contribution is 6.31. The highest BCUT2D eigenvalue weighted by atomic mass is 16.4. The van der Waals surface area contributed by atoms with Gasteiger partial charge in [0.2, 0.25) is 11.8 Å². The van der Waals surface area contributed by atoms with Crippen molar-refractivity contribution >= 4 is 29.7 Å². The van der Waals surface area contributed by atoms with Crippen LogP contribution in [0.5, 0.6) is 0 Å². The lowest BCUT2D eigenvalue weighted by atomic mass is 10.1. The summed E-state index contributed by atoms with van der Waals surface area (Å²) in [7, 11) is 0. The van der Waals surface area contributed by atoms with Crippen molar-refractivity contribution in [2.75, 3.05) is 13.1 Å². The molecule has 1 aromatic rings. The lowest BCUT2D eigenvalue weighted by molar-refractivity contribution is -0.150. The third-order valence-electron chi connectivity index (χ3n) is 2.65. The number of H-pyrrole nitrogens is 1. The molecule has 1 rings (SSSR count). The largest absolute Gasteiger partial charge is 0.480 e. The SMILES string of the molecule is O=C(O)CNC(=O)C(Cc1cnc[nH]1)NC(=O)CNC(=O)C(=O)O. The molecule has 0 radical (unpaired) electrons. The van der Waals surface area contributed by atoms with Gasteiger partial charge in [0.1, 0.15) is 12.6 Å². The first-order valence-electron chi connectivity index (χ1n) is 6.56. The van der Waals surface area contributed by atoms with Crippen LogP contribution in [0.1, 0.15) is 5.69 Å².